The van der Waals surface area contributed by atoms with Crippen molar-refractivity contribution in [3.63, 3.8) is 0 Å². The van der Waals surface area contributed by atoms with Gasteiger partial charge in [-0.05, 0) is 54.4 Å². The lowest BCUT2D eigenvalue weighted by Crippen LogP contribution is -2.22. The lowest BCUT2D eigenvalue weighted by molar-refractivity contribution is -0.254. The summed E-state index contributed by atoms with van der Waals surface area (Å²) in [6.07, 6.45) is 0.786. The minimum Gasteiger partial charge on any atom is -0.545 e. The van der Waals surface area contributed by atoms with E-state index in [1.54, 1.807) is 36.4 Å². The predicted molar refractivity (Wildman–Crippen MR) is 98.5 cm³/mol. The van der Waals surface area contributed by atoms with Gasteiger partial charge in [-0.15, -0.1) is 0 Å². The molecular formula is C22H15FNO3-. The van der Waals surface area contributed by atoms with Crippen LogP contribution in [0.5, 0.6) is 0 Å². The number of fused-ring (bicyclic) bond motifs is 1. The Morgan fingerprint density at radius 2 is 1.85 bits per heavy atom. The number of aryl methyl sites for hydroxylation is 1. The van der Waals surface area contributed by atoms with Crippen LogP contribution in [0.25, 0.3) is 33.7 Å². The third kappa shape index (κ3) is 3.08. The number of carboxylic acids is 1. The number of carbonyl (C=O) groups excluding carboxylic acids is 1. The zero-order valence-corrected chi connectivity index (χ0v) is 14.5. The monoisotopic (exact) mass is 360 g/mol. The fourth-order valence-electron chi connectivity index (χ4n) is 3.07. The molecule has 27 heavy (non-hydrogen) atoms. The van der Waals surface area contributed by atoms with E-state index in [1.807, 2.05) is 19.1 Å². The molecule has 0 radical (unpaired) electrons. The van der Waals surface area contributed by atoms with Gasteiger partial charge in [-0.25, -0.2) is 9.37 Å². The van der Waals surface area contributed by atoms with Crippen LogP contribution in [-0.4, -0.2) is 11.0 Å². The summed E-state index contributed by atoms with van der Waals surface area (Å²) >= 11 is 0. The van der Waals surface area contributed by atoms with E-state index in [-0.39, 0.29) is 5.56 Å². The summed E-state index contributed by atoms with van der Waals surface area (Å²) in [5.41, 5.74) is 2.28. The van der Waals surface area contributed by atoms with Gasteiger partial charge in [0, 0.05) is 10.9 Å². The van der Waals surface area contributed by atoms with Crippen molar-refractivity contribution in [1.29, 1.82) is 0 Å². The van der Waals surface area contributed by atoms with Gasteiger partial charge in [0.15, 0.2) is 5.76 Å². The molecule has 0 N–H and O–H groups in total. The molecule has 2 aromatic carbocycles. The van der Waals surface area contributed by atoms with Crippen LogP contribution in [-0.2, 0) is 6.42 Å². The Morgan fingerprint density at radius 1 is 1.07 bits per heavy atom. The summed E-state index contributed by atoms with van der Waals surface area (Å²) in [7, 11) is 0. The molecular weight excluding hydrogens is 345 g/mol. The zero-order chi connectivity index (χ0) is 19.0. The molecule has 5 heteroatoms. The lowest BCUT2D eigenvalue weighted by Gasteiger charge is -2.10. The zero-order valence-electron chi connectivity index (χ0n) is 14.5. The topological polar surface area (TPSA) is 66.2 Å². The number of carbonyl (C=O) groups is 1. The molecule has 0 aliphatic carbocycles. The van der Waals surface area contributed by atoms with Crippen molar-refractivity contribution in [1.82, 2.24) is 4.98 Å². The SMILES string of the molecule is CCc1ccc2nc(-c3ccc(-c4ccccc4F)o3)cc(C(=O)[O-])c2c1. The number of hydrogen-bond acceptors (Lipinski definition) is 4. The maximum Gasteiger partial charge on any atom is 0.153 e. The van der Waals surface area contributed by atoms with Gasteiger partial charge in [0.1, 0.15) is 17.3 Å². The first kappa shape index (κ1) is 17.0. The number of furan rings is 1. The molecule has 0 atom stereocenters. The van der Waals surface area contributed by atoms with E-state index in [1.165, 1.54) is 12.1 Å². The van der Waals surface area contributed by atoms with Crippen LogP contribution in [0.15, 0.2) is 65.1 Å². The average Bonchev–Trinajstić information content (AvgIpc) is 3.16. The van der Waals surface area contributed by atoms with Crippen molar-refractivity contribution in [3.8, 4) is 22.8 Å². The van der Waals surface area contributed by atoms with Gasteiger partial charge >= 0.3 is 0 Å². The standard InChI is InChI=1S/C22H16FNO3/c1-2-13-7-8-18-15(11-13)16(22(25)26)12-19(24-18)21-10-9-20(27-21)14-5-3-4-6-17(14)23/h3-12H,2H2,1H3,(H,25,26)/p-1. The van der Waals surface area contributed by atoms with E-state index < -0.39 is 11.8 Å². The largest absolute Gasteiger partial charge is 0.545 e. The summed E-state index contributed by atoms with van der Waals surface area (Å²) in [5, 5.41) is 12.2. The Hall–Kier alpha value is -3.47. The average molecular weight is 360 g/mol. The highest BCUT2D eigenvalue weighted by Crippen LogP contribution is 2.31. The Labute approximate surface area is 154 Å². The number of nitrogens with zero attached hydrogens (tertiary/aromatic N) is 1. The molecule has 4 nitrogen and oxygen atoms in total. The highest BCUT2D eigenvalue weighted by molar-refractivity contribution is 6.03. The highest BCUT2D eigenvalue weighted by Gasteiger charge is 2.14. The summed E-state index contributed by atoms with van der Waals surface area (Å²) in [6, 6.07) is 16.5. The first-order chi connectivity index (χ1) is 13.1. The second kappa shape index (κ2) is 6.68. The first-order valence-corrected chi connectivity index (χ1v) is 8.57. The molecule has 2 aromatic heterocycles. The lowest BCUT2D eigenvalue weighted by atomic mass is 10.0. The predicted octanol–water partition coefficient (Wildman–Crippen LogP) is 4.23. The molecule has 4 aromatic rings. The quantitative estimate of drug-likeness (QED) is 0.546. The van der Waals surface area contributed by atoms with E-state index >= 15 is 0 Å². The Morgan fingerprint density at radius 3 is 2.59 bits per heavy atom. The smallest absolute Gasteiger partial charge is 0.153 e. The Balaban J connectivity index is 1.85. The van der Waals surface area contributed by atoms with Gasteiger partial charge < -0.3 is 14.3 Å². The summed E-state index contributed by atoms with van der Waals surface area (Å²) in [4.78, 5) is 16.2. The van der Waals surface area contributed by atoms with Gasteiger partial charge in [0.2, 0.25) is 0 Å². The van der Waals surface area contributed by atoms with Crippen molar-refractivity contribution >= 4 is 16.9 Å². The Kier molecular flexibility index (Phi) is 4.20. The van der Waals surface area contributed by atoms with E-state index in [2.05, 4.69) is 4.98 Å². The van der Waals surface area contributed by atoms with Gasteiger partial charge in [0.05, 0.1) is 17.0 Å². The van der Waals surface area contributed by atoms with E-state index in [0.717, 1.165) is 12.0 Å². The number of pyridine rings is 1. The van der Waals surface area contributed by atoms with Crippen LogP contribution < -0.4 is 5.11 Å². The van der Waals surface area contributed by atoms with Crippen LogP contribution in [0, 0.1) is 5.82 Å². The number of benzene rings is 2. The van der Waals surface area contributed by atoms with Crippen LogP contribution in [0.2, 0.25) is 0 Å². The van der Waals surface area contributed by atoms with E-state index in [0.29, 0.717) is 33.7 Å². The molecule has 0 saturated carbocycles. The van der Waals surface area contributed by atoms with Crippen LogP contribution in [0.1, 0.15) is 22.8 Å². The molecule has 0 aliphatic rings. The minimum absolute atomic E-state index is 0.0501. The molecule has 0 spiro atoms. The third-order valence-electron chi connectivity index (χ3n) is 4.50. The highest BCUT2D eigenvalue weighted by atomic mass is 19.1. The molecule has 0 amide bonds. The van der Waals surface area contributed by atoms with Gasteiger partial charge in [-0.2, -0.15) is 0 Å². The summed E-state index contributed by atoms with van der Waals surface area (Å²) < 4.78 is 19.7. The molecule has 0 bridgehead atoms. The molecule has 0 aliphatic heterocycles. The first-order valence-electron chi connectivity index (χ1n) is 8.57. The number of halogens is 1. The van der Waals surface area contributed by atoms with Crippen molar-refractivity contribution in [2.24, 2.45) is 0 Å². The fraction of sp³-hybridized carbons (Fsp3) is 0.0909. The van der Waals surface area contributed by atoms with Gasteiger partial charge in [-0.3, -0.25) is 0 Å². The number of aromatic carboxylic acids is 1. The normalized spacial score (nSPS) is 11.0. The van der Waals surface area contributed by atoms with Crippen LogP contribution >= 0.6 is 0 Å². The number of hydrogen-bond donors (Lipinski definition) is 0. The van der Waals surface area contributed by atoms with E-state index in [4.69, 9.17) is 4.42 Å². The molecule has 0 fully saturated rings. The minimum atomic E-state index is -1.28. The second-order valence-electron chi connectivity index (χ2n) is 6.19. The summed E-state index contributed by atoms with van der Waals surface area (Å²) in [5.74, 6) is -0.969. The Bertz CT molecular complexity index is 1160. The maximum atomic E-state index is 14.0. The second-order valence-corrected chi connectivity index (χ2v) is 6.19. The van der Waals surface area contributed by atoms with E-state index in [9.17, 15) is 14.3 Å². The third-order valence-corrected chi connectivity index (χ3v) is 4.50. The van der Waals surface area contributed by atoms with Crippen molar-refractivity contribution in [2.75, 3.05) is 0 Å². The number of carboxylic acid groups (broad SMARTS) is 1. The van der Waals surface area contributed by atoms with Crippen molar-refractivity contribution in [2.45, 2.75) is 13.3 Å². The molecule has 2 heterocycles. The molecule has 4 rings (SSSR count). The van der Waals surface area contributed by atoms with Crippen LogP contribution in [0.4, 0.5) is 4.39 Å². The molecule has 134 valence electrons. The number of aromatic nitrogens is 1. The molecule has 0 unspecified atom stereocenters. The maximum absolute atomic E-state index is 14.0. The van der Waals surface area contributed by atoms with Gasteiger partial charge in [0.25, 0.3) is 0 Å². The fourth-order valence-corrected chi connectivity index (χ4v) is 3.07. The van der Waals surface area contributed by atoms with Crippen molar-refractivity contribution in [3.05, 3.63) is 77.6 Å². The number of rotatable bonds is 4. The van der Waals surface area contributed by atoms with Crippen molar-refractivity contribution < 1.29 is 18.7 Å². The van der Waals surface area contributed by atoms with Gasteiger partial charge in [-0.1, -0.05) is 25.1 Å². The molecule has 0 saturated heterocycles. The summed E-state index contributed by atoms with van der Waals surface area (Å²) in [6.45, 7) is 1.99. The van der Waals surface area contributed by atoms with Crippen LogP contribution in [0.3, 0.4) is 0 Å².